The van der Waals surface area contributed by atoms with Crippen molar-refractivity contribution in [2.75, 3.05) is 11.1 Å². The van der Waals surface area contributed by atoms with Crippen molar-refractivity contribution in [3.8, 4) is 6.07 Å². The second-order valence-corrected chi connectivity index (χ2v) is 6.72. The molecule has 31 heavy (non-hydrogen) atoms. The average Bonchev–Trinajstić information content (AvgIpc) is 2.65. The lowest BCUT2D eigenvalue weighted by Gasteiger charge is -2.31. The van der Waals surface area contributed by atoms with Crippen LogP contribution in [0.4, 0.5) is 46.5 Å². The van der Waals surface area contributed by atoms with E-state index in [-0.39, 0.29) is 22.9 Å². The average molecular weight is 492 g/mol. The maximum absolute atomic E-state index is 14.4. The Hall–Kier alpha value is -2.78. The quantitative estimate of drug-likeness (QED) is 0.308. The smallest absolute Gasteiger partial charge is 0.398 e. The Morgan fingerprint density at radius 3 is 2.03 bits per heavy atom. The lowest BCUT2D eigenvalue weighted by molar-refractivity contribution is -0.349. The molecule has 3 N–H and O–H groups in total. The number of hydrogen-bond donors (Lipinski definition) is 2. The summed E-state index contributed by atoms with van der Waals surface area (Å²) in [6.07, 6.45) is -13.2. The van der Waals surface area contributed by atoms with Gasteiger partial charge in [0.15, 0.2) is 5.82 Å². The molecule has 0 saturated heterocycles. The molecule has 1 amide bonds. The van der Waals surface area contributed by atoms with Crippen molar-refractivity contribution in [3.05, 3.63) is 56.8 Å². The highest BCUT2D eigenvalue weighted by Gasteiger charge is 2.74. The van der Waals surface area contributed by atoms with Crippen LogP contribution in [-0.4, -0.2) is 18.3 Å². The Morgan fingerprint density at radius 2 is 1.58 bits per heavy atom. The molecule has 0 aliphatic carbocycles. The van der Waals surface area contributed by atoms with E-state index in [4.69, 9.17) is 34.2 Å². The molecule has 0 bridgehead atoms. The predicted molar refractivity (Wildman–Crippen MR) is 94.8 cm³/mol. The molecule has 0 saturated carbocycles. The van der Waals surface area contributed by atoms with E-state index in [1.54, 1.807) is 6.07 Å². The topological polar surface area (TPSA) is 78.9 Å². The molecule has 166 valence electrons. The number of nitrogen functional groups attached to an aromatic ring is 1. The summed E-state index contributed by atoms with van der Waals surface area (Å²) in [6, 6.07) is 4.69. The van der Waals surface area contributed by atoms with Gasteiger partial charge < -0.3 is 11.1 Å². The number of nitrogens with two attached hydrogens (primary N) is 1. The number of halogens is 10. The van der Waals surface area contributed by atoms with Gasteiger partial charge in [-0.3, -0.25) is 4.79 Å². The summed E-state index contributed by atoms with van der Waals surface area (Å²) in [5.74, 6) is -3.54. The van der Waals surface area contributed by atoms with E-state index in [1.165, 1.54) is 0 Å². The summed E-state index contributed by atoms with van der Waals surface area (Å²) in [4.78, 5) is 12.3. The summed E-state index contributed by atoms with van der Waals surface area (Å²) in [5, 5.41) is 8.09. The van der Waals surface area contributed by atoms with Gasteiger partial charge in [0.25, 0.3) is 5.91 Å². The number of carbonyl (C=O) groups is 1. The van der Waals surface area contributed by atoms with Crippen LogP contribution in [0.25, 0.3) is 0 Å². The highest BCUT2D eigenvalue weighted by atomic mass is 35.5. The van der Waals surface area contributed by atoms with E-state index in [2.05, 4.69) is 0 Å². The fourth-order valence-electron chi connectivity index (χ4n) is 2.42. The number of anilines is 2. The van der Waals surface area contributed by atoms with Crippen molar-refractivity contribution in [1.82, 2.24) is 0 Å². The first-order valence-corrected chi connectivity index (χ1v) is 8.43. The summed E-state index contributed by atoms with van der Waals surface area (Å²) >= 11 is 11.1. The maximum atomic E-state index is 14.4. The molecule has 2 aromatic rings. The molecule has 0 aliphatic rings. The standard InChI is InChI=1S/C17H7Cl2F8N3O/c18-9-4-8(15(21,16(22,23)24)17(25,26)27)12(20)11(19)13(9)30-14(31)6-1-2-7(5-28)10(29)3-6/h1-4H,29H2,(H,30,31). The Morgan fingerprint density at radius 1 is 1.03 bits per heavy atom. The van der Waals surface area contributed by atoms with Crippen LogP contribution in [-0.2, 0) is 5.67 Å². The van der Waals surface area contributed by atoms with Gasteiger partial charge in [0.2, 0.25) is 0 Å². The third-order valence-electron chi connectivity index (χ3n) is 3.98. The van der Waals surface area contributed by atoms with Gasteiger partial charge in [-0.1, -0.05) is 23.2 Å². The number of nitriles is 1. The van der Waals surface area contributed by atoms with Crippen molar-refractivity contribution in [2.24, 2.45) is 0 Å². The molecule has 0 spiro atoms. The van der Waals surface area contributed by atoms with Gasteiger partial charge >= 0.3 is 18.0 Å². The molecule has 0 aliphatic heterocycles. The minimum atomic E-state index is -6.61. The summed E-state index contributed by atoms with van der Waals surface area (Å²) < 4.78 is 106. The third kappa shape index (κ3) is 4.20. The Labute approximate surface area is 178 Å². The van der Waals surface area contributed by atoms with E-state index in [0.717, 1.165) is 18.2 Å². The van der Waals surface area contributed by atoms with Crippen molar-refractivity contribution in [3.63, 3.8) is 0 Å². The van der Waals surface area contributed by atoms with Crippen LogP contribution >= 0.6 is 23.2 Å². The van der Waals surface area contributed by atoms with Gasteiger partial charge in [-0.15, -0.1) is 0 Å². The van der Waals surface area contributed by atoms with Crippen molar-refractivity contribution < 1.29 is 39.9 Å². The third-order valence-corrected chi connectivity index (χ3v) is 4.64. The van der Waals surface area contributed by atoms with Crippen LogP contribution in [0.3, 0.4) is 0 Å². The van der Waals surface area contributed by atoms with Gasteiger partial charge in [-0.2, -0.15) is 31.6 Å². The predicted octanol–water partition coefficient (Wildman–Crippen LogP) is 6.13. The lowest BCUT2D eigenvalue weighted by Crippen LogP contribution is -2.51. The molecule has 0 unspecified atom stereocenters. The minimum Gasteiger partial charge on any atom is -0.398 e. The van der Waals surface area contributed by atoms with Crippen LogP contribution in [0.15, 0.2) is 24.3 Å². The van der Waals surface area contributed by atoms with E-state index in [9.17, 15) is 39.9 Å². The number of hydrogen-bond acceptors (Lipinski definition) is 3. The van der Waals surface area contributed by atoms with Gasteiger partial charge in [0.05, 0.1) is 22.0 Å². The van der Waals surface area contributed by atoms with Gasteiger partial charge in [0, 0.05) is 11.1 Å². The number of amides is 1. The van der Waals surface area contributed by atoms with E-state index in [0.29, 0.717) is 0 Å². The Balaban J connectivity index is 2.57. The molecule has 2 rings (SSSR count). The van der Waals surface area contributed by atoms with Crippen LogP contribution in [0.5, 0.6) is 0 Å². The summed E-state index contributed by atoms with van der Waals surface area (Å²) in [7, 11) is 0. The number of nitrogens with zero attached hydrogens (tertiary/aromatic N) is 1. The molecule has 14 heteroatoms. The van der Waals surface area contributed by atoms with Crippen LogP contribution in [0.2, 0.25) is 10.0 Å². The van der Waals surface area contributed by atoms with Gasteiger partial charge in [-0.05, 0) is 24.3 Å². The number of carbonyl (C=O) groups excluding carboxylic acids is 1. The highest BCUT2D eigenvalue weighted by molar-refractivity contribution is 6.40. The number of benzene rings is 2. The zero-order chi connectivity index (χ0) is 23.9. The van der Waals surface area contributed by atoms with Gasteiger partial charge in [-0.25, -0.2) is 8.78 Å². The minimum absolute atomic E-state index is 0.00148. The van der Waals surface area contributed by atoms with E-state index < -0.39 is 51.0 Å². The monoisotopic (exact) mass is 491 g/mol. The fraction of sp³-hybridized carbons (Fsp3) is 0.176. The first-order chi connectivity index (χ1) is 14.1. The van der Waals surface area contributed by atoms with Gasteiger partial charge in [0.1, 0.15) is 11.1 Å². The molecule has 0 atom stereocenters. The molecule has 4 nitrogen and oxygen atoms in total. The zero-order valence-electron chi connectivity index (χ0n) is 14.5. The molecular weight excluding hydrogens is 485 g/mol. The number of rotatable bonds is 3. The maximum Gasteiger partial charge on any atom is 0.436 e. The zero-order valence-corrected chi connectivity index (χ0v) is 16.0. The van der Waals surface area contributed by atoms with Crippen LogP contribution in [0, 0.1) is 17.1 Å². The summed E-state index contributed by atoms with van der Waals surface area (Å²) in [5.41, 5.74) is -4.40. The first kappa shape index (κ1) is 24.5. The fourth-order valence-corrected chi connectivity index (χ4v) is 2.97. The SMILES string of the molecule is N#Cc1ccc(C(=O)Nc2c(Cl)cc(C(F)(C(F)(F)F)C(F)(F)F)c(F)c2Cl)cc1N. The highest BCUT2D eigenvalue weighted by Crippen LogP contribution is 2.55. The largest absolute Gasteiger partial charge is 0.436 e. The number of alkyl halides is 7. The Bertz CT molecular complexity index is 1080. The molecule has 2 aromatic carbocycles. The van der Waals surface area contributed by atoms with Crippen molar-refractivity contribution in [1.29, 1.82) is 5.26 Å². The van der Waals surface area contributed by atoms with Crippen molar-refractivity contribution >= 4 is 40.5 Å². The van der Waals surface area contributed by atoms with E-state index >= 15 is 0 Å². The second-order valence-electron chi connectivity index (χ2n) is 5.93. The second kappa shape index (κ2) is 8.05. The van der Waals surface area contributed by atoms with E-state index in [1.807, 2.05) is 5.32 Å². The molecule has 0 fully saturated rings. The molecule has 0 aromatic heterocycles. The van der Waals surface area contributed by atoms with Crippen LogP contribution in [0.1, 0.15) is 21.5 Å². The molecule has 0 heterocycles. The normalized spacial score (nSPS) is 12.4. The molecule has 0 radical (unpaired) electrons. The first-order valence-electron chi connectivity index (χ1n) is 7.67. The molecular formula is C17H7Cl2F8N3O. The Kier molecular flexibility index (Phi) is 6.36. The van der Waals surface area contributed by atoms with Crippen molar-refractivity contribution in [2.45, 2.75) is 18.0 Å². The summed E-state index contributed by atoms with van der Waals surface area (Å²) in [6.45, 7) is 0. The van der Waals surface area contributed by atoms with Crippen LogP contribution < -0.4 is 11.1 Å². The number of nitrogens with one attached hydrogen (secondary N) is 1. The lowest BCUT2D eigenvalue weighted by atomic mass is 9.93.